The molecule has 2 atom stereocenters. The average Bonchev–Trinajstić information content (AvgIpc) is 2.45. The molecule has 1 aromatic rings. The summed E-state index contributed by atoms with van der Waals surface area (Å²) in [6.07, 6.45) is 0.406. The molecule has 0 unspecified atom stereocenters. The summed E-state index contributed by atoms with van der Waals surface area (Å²) >= 11 is 0. The van der Waals surface area contributed by atoms with Gasteiger partial charge in [0.2, 0.25) is 5.91 Å². The molecule has 1 aliphatic carbocycles. The molecular formula is C14H16F3N3O. The van der Waals surface area contributed by atoms with Gasteiger partial charge in [0.25, 0.3) is 0 Å². The first-order valence-electron chi connectivity index (χ1n) is 7.04. The summed E-state index contributed by atoms with van der Waals surface area (Å²) in [6.45, 7) is 0.152. The number of pyridine rings is 1. The minimum absolute atomic E-state index is 0.0732. The fourth-order valence-electron chi connectivity index (χ4n) is 3.15. The molecule has 2 aliphatic rings. The molecule has 7 heteroatoms. The Kier molecular flexibility index (Phi) is 3.51. The molecule has 1 saturated carbocycles. The molecule has 2 heterocycles. The largest absolute Gasteiger partial charge is 0.417 e. The monoisotopic (exact) mass is 299 g/mol. The fourth-order valence-corrected chi connectivity index (χ4v) is 3.15. The van der Waals surface area contributed by atoms with Crippen LogP contribution in [0.25, 0.3) is 0 Å². The Morgan fingerprint density at radius 1 is 1.24 bits per heavy atom. The third kappa shape index (κ3) is 2.82. The second kappa shape index (κ2) is 5.20. The number of aromatic nitrogens is 1. The Hall–Kier alpha value is -1.79. The molecule has 2 fully saturated rings. The molecule has 4 nitrogen and oxygen atoms in total. The Balaban J connectivity index is 1.85. The number of amides is 1. The van der Waals surface area contributed by atoms with Crippen molar-refractivity contribution in [1.82, 2.24) is 10.3 Å². The van der Waals surface area contributed by atoms with Crippen molar-refractivity contribution in [3.63, 3.8) is 0 Å². The van der Waals surface area contributed by atoms with E-state index in [1.165, 1.54) is 6.07 Å². The zero-order valence-electron chi connectivity index (χ0n) is 11.4. The number of fused-ring (bicyclic) bond motifs is 1. The predicted molar refractivity (Wildman–Crippen MR) is 70.8 cm³/mol. The fraction of sp³-hybridized carbons (Fsp3) is 0.571. The van der Waals surface area contributed by atoms with Gasteiger partial charge in [-0.25, -0.2) is 4.98 Å². The lowest BCUT2D eigenvalue weighted by molar-refractivity contribution is -0.137. The van der Waals surface area contributed by atoms with Crippen molar-refractivity contribution in [2.45, 2.75) is 43.9 Å². The van der Waals surface area contributed by atoms with Crippen molar-refractivity contribution in [3.8, 4) is 0 Å². The van der Waals surface area contributed by atoms with Crippen molar-refractivity contribution < 1.29 is 18.0 Å². The molecule has 1 aliphatic heterocycles. The highest BCUT2D eigenvalue weighted by atomic mass is 19.4. The second-order valence-corrected chi connectivity index (χ2v) is 5.56. The van der Waals surface area contributed by atoms with E-state index in [9.17, 15) is 18.0 Å². The number of nitrogens with zero attached hydrogens (tertiary/aromatic N) is 2. The number of carbonyl (C=O) groups is 1. The van der Waals surface area contributed by atoms with Gasteiger partial charge in [0.1, 0.15) is 5.82 Å². The molecule has 21 heavy (non-hydrogen) atoms. The summed E-state index contributed by atoms with van der Waals surface area (Å²) in [7, 11) is 0. The summed E-state index contributed by atoms with van der Waals surface area (Å²) < 4.78 is 37.7. The third-order valence-corrected chi connectivity index (χ3v) is 4.16. The van der Waals surface area contributed by atoms with Gasteiger partial charge in [-0.05, 0) is 25.0 Å². The number of halogens is 3. The first-order chi connectivity index (χ1) is 9.95. The summed E-state index contributed by atoms with van der Waals surface area (Å²) in [6, 6.07) is 2.57. The normalized spacial score (nSPS) is 26.2. The molecule has 0 spiro atoms. The van der Waals surface area contributed by atoms with E-state index in [0.717, 1.165) is 37.9 Å². The molecule has 3 rings (SSSR count). The Labute approximate surface area is 120 Å². The van der Waals surface area contributed by atoms with E-state index >= 15 is 0 Å². The van der Waals surface area contributed by atoms with E-state index in [1.807, 2.05) is 4.90 Å². The lowest BCUT2D eigenvalue weighted by Gasteiger charge is -2.44. The van der Waals surface area contributed by atoms with E-state index in [2.05, 4.69) is 10.3 Å². The topological polar surface area (TPSA) is 45.2 Å². The van der Waals surface area contributed by atoms with Crippen molar-refractivity contribution >= 4 is 11.7 Å². The van der Waals surface area contributed by atoms with Crippen LogP contribution in [0.5, 0.6) is 0 Å². The van der Waals surface area contributed by atoms with Gasteiger partial charge >= 0.3 is 6.18 Å². The van der Waals surface area contributed by atoms with Gasteiger partial charge in [-0.15, -0.1) is 0 Å². The van der Waals surface area contributed by atoms with Gasteiger partial charge < -0.3 is 10.2 Å². The van der Waals surface area contributed by atoms with Gasteiger partial charge in [-0.1, -0.05) is 12.8 Å². The van der Waals surface area contributed by atoms with E-state index in [1.54, 1.807) is 0 Å². The van der Waals surface area contributed by atoms with Crippen LogP contribution >= 0.6 is 0 Å². The number of nitrogens with one attached hydrogen (secondary N) is 1. The van der Waals surface area contributed by atoms with Crippen molar-refractivity contribution in [2.75, 3.05) is 11.4 Å². The third-order valence-electron chi connectivity index (χ3n) is 4.16. The number of carbonyl (C=O) groups excluding carboxylic acids is 1. The molecule has 114 valence electrons. The van der Waals surface area contributed by atoms with Crippen LogP contribution in [-0.4, -0.2) is 29.5 Å². The number of rotatable bonds is 1. The summed E-state index contributed by atoms with van der Waals surface area (Å²) in [5, 5.41) is 2.97. The quantitative estimate of drug-likeness (QED) is 0.866. The lowest BCUT2D eigenvalue weighted by Crippen LogP contribution is -2.62. The van der Waals surface area contributed by atoms with Gasteiger partial charge in [0.15, 0.2) is 0 Å². The standard InChI is InChI=1S/C14H16F3N3O/c15-14(16,17)9-5-6-12(18-7-9)20-8-13(21)19-10-3-1-2-4-11(10)20/h5-7,10-11H,1-4,8H2,(H,19,21)/t10-,11-/m0/s1. The van der Waals surface area contributed by atoms with Gasteiger partial charge in [0.05, 0.1) is 18.2 Å². The number of hydrogen-bond donors (Lipinski definition) is 1. The molecule has 1 aromatic heterocycles. The van der Waals surface area contributed by atoms with Crippen LogP contribution in [0.15, 0.2) is 18.3 Å². The molecule has 1 N–H and O–H groups in total. The van der Waals surface area contributed by atoms with Crippen molar-refractivity contribution in [1.29, 1.82) is 0 Å². The number of hydrogen-bond acceptors (Lipinski definition) is 3. The van der Waals surface area contributed by atoms with Crippen LogP contribution in [0.3, 0.4) is 0 Å². The number of alkyl halides is 3. The van der Waals surface area contributed by atoms with E-state index in [4.69, 9.17) is 0 Å². The average molecular weight is 299 g/mol. The van der Waals surface area contributed by atoms with Crippen molar-refractivity contribution in [3.05, 3.63) is 23.9 Å². The highest BCUT2D eigenvalue weighted by molar-refractivity contribution is 5.83. The molecule has 0 bridgehead atoms. The minimum atomic E-state index is -4.39. The molecule has 0 aromatic carbocycles. The zero-order chi connectivity index (χ0) is 15.0. The number of piperazine rings is 1. The maximum Gasteiger partial charge on any atom is 0.417 e. The summed E-state index contributed by atoms with van der Waals surface area (Å²) in [5.41, 5.74) is -0.770. The smallest absolute Gasteiger partial charge is 0.350 e. The summed E-state index contributed by atoms with van der Waals surface area (Å²) in [5.74, 6) is 0.342. The minimum Gasteiger partial charge on any atom is -0.350 e. The number of anilines is 1. The second-order valence-electron chi connectivity index (χ2n) is 5.56. The van der Waals surface area contributed by atoms with Gasteiger partial charge in [-0.3, -0.25) is 4.79 Å². The van der Waals surface area contributed by atoms with Crippen molar-refractivity contribution in [2.24, 2.45) is 0 Å². The lowest BCUT2D eigenvalue weighted by atomic mass is 9.87. The summed E-state index contributed by atoms with van der Waals surface area (Å²) in [4.78, 5) is 17.5. The van der Waals surface area contributed by atoms with Crippen LogP contribution in [0.1, 0.15) is 31.2 Å². The van der Waals surface area contributed by atoms with Crippen LogP contribution in [-0.2, 0) is 11.0 Å². The van der Waals surface area contributed by atoms with E-state index < -0.39 is 11.7 Å². The van der Waals surface area contributed by atoms with Crippen LogP contribution < -0.4 is 10.2 Å². The molecule has 1 saturated heterocycles. The van der Waals surface area contributed by atoms with Crippen LogP contribution in [0, 0.1) is 0 Å². The predicted octanol–water partition coefficient (Wildman–Crippen LogP) is 2.35. The van der Waals surface area contributed by atoms with Gasteiger partial charge in [-0.2, -0.15) is 13.2 Å². The highest BCUT2D eigenvalue weighted by Crippen LogP contribution is 2.32. The first-order valence-corrected chi connectivity index (χ1v) is 7.04. The van der Waals surface area contributed by atoms with E-state index in [0.29, 0.717) is 5.82 Å². The van der Waals surface area contributed by atoms with E-state index in [-0.39, 0.29) is 24.5 Å². The van der Waals surface area contributed by atoms with Crippen LogP contribution in [0.4, 0.5) is 19.0 Å². The Morgan fingerprint density at radius 2 is 2.00 bits per heavy atom. The zero-order valence-corrected chi connectivity index (χ0v) is 11.4. The van der Waals surface area contributed by atoms with Crippen LogP contribution in [0.2, 0.25) is 0 Å². The van der Waals surface area contributed by atoms with Gasteiger partial charge in [0, 0.05) is 12.2 Å². The molecule has 0 radical (unpaired) electrons. The molecule has 1 amide bonds. The SMILES string of the molecule is O=C1CN(c2ccc(C(F)(F)F)cn2)[C@H]2CCCC[C@@H]2N1. The Morgan fingerprint density at radius 3 is 2.67 bits per heavy atom. The Bertz CT molecular complexity index is 529. The maximum atomic E-state index is 12.6. The maximum absolute atomic E-state index is 12.6. The highest BCUT2D eigenvalue weighted by Gasteiger charge is 2.37. The first kappa shape index (κ1) is 14.2. The molecular weight excluding hydrogens is 283 g/mol.